The van der Waals surface area contributed by atoms with Crippen molar-refractivity contribution in [3.05, 3.63) is 29.8 Å². The van der Waals surface area contributed by atoms with Crippen molar-refractivity contribution in [1.82, 2.24) is 0 Å². The quantitative estimate of drug-likeness (QED) is 0.704. The van der Waals surface area contributed by atoms with Crippen LogP contribution in [0.15, 0.2) is 24.3 Å². The van der Waals surface area contributed by atoms with Crippen molar-refractivity contribution in [2.24, 2.45) is 5.92 Å². The van der Waals surface area contributed by atoms with E-state index in [1.807, 2.05) is 12.1 Å². The second-order valence-electron chi connectivity index (χ2n) is 4.15. The van der Waals surface area contributed by atoms with E-state index < -0.39 is 0 Å². The summed E-state index contributed by atoms with van der Waals surface area (Å²) in [7, 11) is 0. The van der Waals surface area contributed by atoms with Gasteiger partial charge in [-0.1, -0.05) is 12.8 Å². The van der Waals surface area contributed by atoms with Gasteiger partial charge >= 0.3 is 0 Å². The third-order valence-corrected chi connectivity index (χ3v) is 2.98. The largest absolute Gasteiger partial charge is 0.493 e. The molecular weight excluding hydrogens is 188 g/mol. The number of ether oxygens (including phenoxy) is 1. The lowest BCUT2D eigenvalue weighted by Gasteiger charge is -2.11. The van der Waals surface area contributed by atoms with Crippen LogP contribution in [-0.2, 0) is 0 Å². The maximum Gasteiger partial charge on any atom is 0.150 e. The fourth-order valence-electron chi connectivity index (χ4n) is 2.03. The number of hydrogen-bond donors (Lipinski definition) is 0. The Morgan fingerprint density at radius 2 is 1.87 bits per heavy atom. The van der Waals surface area contributed by atoms with E-state index in [9.17, 15) is 4.79 Å². The highest BCUT2D eigenvalue weighted by Crippen LogP contribution is 2.25. The molecular formula is C13H16O2. The summed E-state index contributed by atoms with van der Waals surface area (Å²) in [5, 5.41) is 0. The molecule has 0 aromatic heterocycles. The van der Waals surface area contributed by atoms with Crippen molar-refractivity contribution < 1.29 is 9.53 Å². The van der Waals surface area contributed by atoms with Crippen LogP contribution in [0, 0.1) is 5.92 Å². The van der Waals surface area contributed by atoms with Gasteiger partial charge in [0.15, 0.2) is 0 Å². The van der Waals surface area contributed by atoms with E-state index in [1.54, 1.807) is 12.1 Å². The molecule has 0 radical (unpaired) electrons. The van der Waals surface area contributed by atoms with Crippen LogP contribution in [0.3, 0.4) is 0 Å². The van der Waals surface area contributed by atoms with Gasteiger partial charge in [-0.05, 0) is 43.0 Å². The average Bonchev–Trinajstić information content (AvgIpc) is 2.80. The molecule has 0 bridgehead atoms. The van der Waals surface area contributed by atoms with Gasteiger partial charge in [-0.15, -0.1) is 0 Å². The lowest BCUT2D eigenvalue weighted by Crippen LogP contribution is -2.07. The maximum absolute atomic E-state index is 10.4. The number of benzene rings is 1. The van der Waals surface area contributed by atoms with E-state index >= 15 is 0 Å². The highest BCUT2D eigenvalue weighted by molar-refractivity contribution is 5.74. The Hall–Kier alpha value is -1.31. The summed E-state index contributed by atoms with van der Waals surface area (Å²) in [6.45, 7) is 0.820. The second-order valence-corrected chi connectivity index (χ2v) is 4.15. The van der Waals surface area contributed by atoms with Gasteiger partial charge in [0.1, 0.15) is 12.0 Å². The minimum absolute atomic E-state index is 0.697. The Bertz CT molecular complexity index is 310. The monoisotopic (exact) mass is 204 g/mol. The van der Waals surface area contributed by atoms with Crippen molar-refractivity contribution in [3.63, 3.8) is 0 Å². The molecule has 0 heterocycles. The summed E-state index contributed by atoms with van der Waals surface area (Å²) in [6.07, 6.45) is 6.13. The number of carbonyl (C=O) groups excluding carboxylic acids is 1. The highest BCUT2D eigenvalue weighted by Gasteiger charge is 2.15. The van der Waals surface area contributed by atoms with Crippen LogP contribution in [0.5, 0.6) is 5.75 Å². The van der Waals surface area contributed by atoms with Gasteiger partial charge in [-0.2, -0.15) is 0 Å². The third-order valence-electron chi connectivity index (χ3n) is 2.98. The standard InChI is InChI=1S/C13H16O2/c14-9-11-5-7-13(8-6-11)15-10-12-3-1-2-4-12/h5-9,12H,1-4,10H2. The molecule has 2 nitrogen and oxygen atoms in total. The van der Waals surface area contributed by atoms with E-state index in [0.717, 1.165) is 24.6 Å². The Morgan fingerprint density at radius 3 is 2.47 bits per heavy atom. The Labute approximate surface area is 90.3 Å². The molecule has 80 valence electrons. The fraction of sp³-hybridized carbons (Fsp3) is 0.462. The number of carbonyl (C=O) groups is 1. The molecule has 0 aliphatic heterocycles. The zero-order chi connectivity index (χ0) is 10.5. The third kappa shape index (κ3) is 2.82. The first-order valence-corrected chi connectivity index (χ1v) is 5.56. The van der Waals surface area contributed by atoms with Crippen molar-refractivity contribution in [3.8, 4) is 5.75 Å². The minimum atomic E-state index is 0.697. The van der Waals surface area contributed by atoms with E-state index in [2.05, 4.69) is 0 Å². The molecule has 1 fully saturated rings. The Balaban J connectivity index is 1.84. The Kier molecular flexibility index (Phi) is 3.38. The summed E-state index contributed by atoms with van der Waals surface area (Å²) >= 11 is 0. The van der Waals surface area contributed by atoms with Crippen LogP contribution in [0.4, 0.5) is 0 Å². The van der Waals surface area contributed by atoms with Gasteiger partial charge in [-0.3, -0.25) is 4.79 Å². The SMILES string of the molecule is O=Cc1ccc(OCC2CCCC2)cc1. The first kappa shape index (κ1) is 10.2. The molecule has 15 heavy (non-hydrogen) atoms. The van der Waals surface area contributed by atoms with Crippen LogP contribution in [0.1, 0.15) is 36.0 Å². The van der Waals surface area contributed by atoms with Crippen molar-refractivity contribution in [2.45, 2.75) is 25.7 Å². The molecule has 1 aromatic carbocycles. The van der Waals surface area contributed by atoms with E-state index in [4.69, 9.17) is 4.74 Å². The summed E-state index contributed by atoms with van der Waals surface area (Å²) in [5.74, 6) is 1.60. The Morgan fingerprint density at radius 1 is 1.20 bits per heavy atom. The number of rotatable bonds is 4. The highest BCUT2D eigenvalue weighted by atomic mass is 16.5. The molecule has 0 unspecified atom stereocenters. The zero-order valence-corrected chi connectivity index (χ0v) is 8.82. The van der Waals surface area contributed by atoms with Crippen LogP contribution in [0.25, 0.3) is 0 Å². The molecule has 1 saturated carbocycles. The summed E-state index contributed by atoms with van der Waals surface area (Å²) in [4.78, 5) is 10.4. The normalized spacial score (nSPS) is 16.5. The van der Waals surface area contributed by atoms with Crippen LogP contribution in [-0.4, -0.2) is 12.9 Å². The summed E-state index contributed by atoms with van der Waals surface area (Å²) in [5.41, 5.74) is 0.697. The second kappa shape index (κ2) is 4.96. The van der Waals surface area contributed by atoms with E-state index in [1.165, 1.54) is 25.7 Å². The molecule has 2 heteroatoms. The molecule has 0 N–H and O–H groups in total. The molecule has 0 amide bonds. The molecule has 0 saturated heterocycles. The van der Waals surface area contributed by atoms with Gasteiger partial charge < -0.3 is 4.74 Å². The molecule has 0 spiro atoms. The fourth-order valence-corrected chi connectivity index (χ4v) is 2.03. The summed E-state index contributed by atoms with van der Waals surface area (Å²) in [6, 6.07) is 7.30. The maximum atomic E-state index is 10.4. The molecule has 1 aliphatic rings. The van der Waals surface area contributed by atoms with Gasteiger partial charge in [-0.25, -0.2) is 0 Å². The predicted molar refractivity (Wildman–Crippen MR) is 59.3 cm³/mol. The van der Waals surface area contributed by atoms with Crippen molar-refractivity contribution >= 4 is 6.29 Å². The van der Waals surface area contributed by atoms with Gasteiger partial charge in [0.25, 0.3) is 0 Å². The molecule has 1 aromatic rings. The van der Waals surface area contributed by atoms with Crippen molar-refractivity contribution in [2.75, 3.05) is 6.61 Å². The van der Waals surface area contributed by atoms with Gasteiger partial charge in [0.05, 0.1) is 6.61 Å². The smallest absolute Gasteiger partial charge is 0.150 e. The van der Waals surface area contributed by atoms with Crippen molar-refractivity contribution in [1.29, 1.82) is 0 Å². The van der Waals surface area contributed by atoms with Crippen LogP contribution < -0.4 is 4.74 Å². The lowest BCUT2D eigenvalue weighted by molar-refractivity contribution is 0.112. The topological polar surface area (TPSA) is 26.3 Å². The van der Waals surface area contributed by atoms with Crippen LogP contribution >= 0.6 is 0 Å². The predicted octanol–water partition coefficient (Wildman–Crippen LogP) is 3.07. The zero-order valence-electron chi connectivity index (χ0n) is 8.82. The first-order valence-electron chi connectivity index (χ1n) is 5.56. The minimum Gasteiger partial charge on any atom is -0.493 e. The first-order chi connectivity index (χ1) is 7.38. The molecule has 0 atom stereocenters. The summed E-state index contributed by atoms with van der Waals surface area (Å²) < 4.78 is 5.67. The lowest BCUT2D eigenvalue weighted by atomic mass is 10.1. The molecule has 2 rings (SSSR count). The van der Waals surface area contributed by atoms with E-state index in [-0.39, 0.29) is 0 Å². The molecule has 1 aliphatic carbocycles. The number of hydrogen-bond acceptors (Lipinski definition) is 2. The van der Waals surface area contributed by atoms with E-state index in [0.29, 0.717) is 5.56 Å². The van der Waals surface area contributed by atoms with Gasteiger partial charge in [0, 0.05) is 5.56 Å². The van der Waals surface area contributed by atoms with Crippen LogP contribution in [0.2, 0.25) is 0 Å². The average molecular weight is 204 g/mol. The number of aldehydes is 1. The van der Waals surface area contributed by atoms with Gasteiger partial charge in [0.2, 0.25) is 0 Å².